The van der Waals surface area contributed by atoms with Gasteiger partial charge in [0.05, 0.1) is 16.9 Å². The van der Waals surface area contributed by atoms with Crippen molar-refractivity contribution in [3.63, 3.8) is 0 Å². The number of nitrogens with one attached hydrogen (secondary N) is 1. The summed E-state index contributed by atoms with van der Waals surface area (Å²) >= 11 is 0. The highest BCUT2D eigenvalue weighted by Crippen LogP contribution is 2.39. The first kappa shape index (κ1) is 19.2. The number of carbonyl (C=O) groups is 1. The molecule has 0 unspecified atom stereocenters. The average Bonchev–Trinajstić information content (AvgIpc) is 3.36. The van der Waals surface area contributed by atoms with Gasteiger partial charge < -0.3 is 9.84 Å². The fraction of sp³-hybridized carbons (Fsp3) is 0.250. The second-order valence-electron chi connectivity index (χ2n) is 8.07. The lowest BCUT2D eigenvalue weighted by molar-refractivity contribution is 0.102. The minimum Gasteiger partial charge on any atom is -0.339 e. The predicted octanol–water partition coefficient (Wildman–Crippen LogP) is 4.98. The van der Waals surface area contributed by atoms with Gasteiger partial charge in [-0.2, -0.15) is 10.1 Å². The van der Waals surface area contributed by atoms with Gasteiger partial charge in [-0.15, -0.1) is 0 Å². The molecule has 0 aliphatic heterocycles. The van der Waals surface area contributed by atoms with Crippen molar-refractivity contribution >= 4 is 11.6 Å². The molecule has 31 heavy (non-hydrogen) atoms. The van der Waals surface area contributed by atoms with Crippen LogP contribution >= 0.6 is 0 Å². The molecule has 5 rings (SSSR count). The van der Waals surface area contributed by atoms with Crippen LogP contribution in [0, 0.1) is 20.8 Å². The van der Waals surface area contributed by atoms with E-state index in [1.807, 2.05) is 63.2 Å². The van der Waals surface area contributed by atoms with Crippen LogP contribution in [0.4, 0.5) is 5.69 Å². The van der Waals surface area contributed by atoms with E-state index in [9.17, 15) is 4.79 Å². The molecule has 0 spiro atoms. The molecule has 0 radical (unpaired) electrons. The van der Waals surface area contributed by atoms with E-state index < -0.39 is 0 Å². The van der Waals surface area contributed by atoms with Crippen LogP contribution in [0.5, 0.6) is 0 Å². The van der Waals surface area contributed by atoms with Crippen molar-refractivity contribution in [3.05, 3.63) is 76.9 Å². The number of para-hydroxylation sites is 1. The van der Waals surface area contributed by atoms with Crippen molar-refractivity contribution in [2.75, 3.05) is 5.32 Å². The minimum absolute atomic E-state index is 0.181. The molecule has 2 aromatic carbocycles. The summed E-state index contributed by atoms with van der Waals surface area (Å²) in [6.45, 7) is 5.81. The molecule has 7 heteroatoms. The van der Waals surface area contributed by atoms with Crippen molar-refractivity contribution in [1.29, 1.82) is 0 Å². The second kappa shape index (κ2) is 7.50. The number of nitrogens with zero attached hydrogens (tertiary/aromatic N) is 4. The number of aryl methyl sites for hydroxylation is 3. The van der Waals surface area contributed by atoms with Gasteiger partial charge in [0, 0.05) is 23.4 Å². The van der Waals surface area contributed by atoms with E-state index in [4.69, 9.17) is 4.52 Å². The number of rotatable bonds is 5. The Morgan fingerprint density at radius 1 is 1.10 bits per heavy atom. The molecule has 4 aromatic rings. The molecule has 1 fully saturated rings. The summed E-state index contributed by atoms with van der Waals surface area (Å²) in [5.74, 6) is 1.51. The Hall–Kier alpha value is -3.74. The topological polar surface area (TPSA) is 85.8 Å². The molecule has 0 bridgehead atoms. The van der Waals surface area contributed by atoms with Crippen molar-refractivity contribution < 1.29 is 9.32 Å². The smallest absolute Gasteiger partial charge is 0.259 e. The van der Waals surface area contributed by atoms with E-state index in [1.165, 1.54) is 0 Å². The number of amides is 1. The summed E-state index contributed by atoms with van der Waals surface area (Å²) in [4.78, 5) is 17.4. The monoisotopic (exact) mass is 413 g/mol. The van der Waals surface area contributed by atoms with Gasteiger partial charge in [-0.3, -0.25) is 4.79 Å². The molecular formula is C24H23N5O2. The van der Waals surface area contributed by atoms with Gasteiger partial charge in [0.15, 0.2) is 0 Å². The number of aromatic nitrogens is 4. The van der Waals surface area contributed by atoms with Gasteiger partial charge in [-0.25, -0.2) is 4.68 Å². The van der Waals surface area contributed by atoms with Crippen LogP contribution in [-0.4, -0.2) is 25.8 Å². The Labute approximate surface area is 180 Å². The standard InChI is InChI=1S/C24H23N5O2/c1-14-6-4-5-7-20(14)25-23(30)19-13-29(27-16(19)3)21-12-18(9-8-15(21)2)22-26-24(31-28-22)17-10-11-17/h4-9,12-13,17H,10-11H2,1-3H3,(H,25,30). The number of carbonyl (C=O) groups excluding carboxylic acids is 1. The largest absolute Gasteiger partial charge is 0.339 e. The Kier molecular flexibility index (Phi) is 4.66. The van der Waals surface area contributed by atoms with Crippen LogP contribution in [0.25, 0.3) is 17.1 Å². The third-order valence-electron chi connectivity index (χ3n) is 5.62. The molecule has 1 saturated carbocycles. The van der Waals surface area contributed by atoms with E-state index in [-0.39, 0.29) is 5.91 Å². The normalized spacial score (nSPS) is 13.4. The van der Waals surface area contributed by atoms with E-state index in [0.717, 1.165) is 40.9 Å². The molecule has 2 aromatic heterocycles. The zero-order valence-electron chi connectivity index (χ0n) is 17.7. The van der Waals surface area contributed by atoms with Gasteiger partial charge in [0.2, 0.25) is 11.7 Å². The molecule has 2 heterocycles. The minimum atomic E-state index is -0.181. The lowest BCUT2D eigenvalue weighted by Gasteiger charge is -2.08. The number of hydrogen-bond acceptors (Lipinski definition) is 5. The predicted molar refractivity (Wildman–Crippen MR) is 117 cm³/mol. The SMILES string of the molecule is Cc1ccccc1NC(=O)c1cn(-c2cc(-c3noc(C4CC4)n3)ccc2C)nc1C. The third-order valence-corrected chi connectivity index (χ3v) is 5.62. The fourth-order valence-corrected chi connectivity index (χ4v) is 3.55. The summed E-state index contributed by atoms with van der Waals surface area (Å²) in [6, 6.07) is 13.7. The zero-order valence-corrected chi connectivity index (χ0v) is 17.7. The molecule has 1 aliphatic rings. The molecule has 7 nitrogen and oxygen atoms in total. The van der Waals surface area contributed by atoms with Gasteiger partial charge in [0.1, 0.15) is 0 Å². The highest BCUT2D eigenvalue weighted by molar-refractivity contribution is 6.05. The highest BCUT2D eigenvalue weighted by Gasteiger charge is 2.29. The number of benzene rings is 2. The van der Waals surface area contributed by atoms with Gasteiger partial charge in [-0.05, 0) is 56.9 Å². The maximum atomic E-state index is 12.9. The van der Waals surface area contributed by atoms with Crippen LogP contribution in [0.15, 0.2) is 53.2 Å². The van der Waals surface area contributed by atoms with Crippen LogP contribution in [0.2, 0.25) is 0 Å². The van der Waals surface area contributed by atoms with Gasteiger partial charge in [-0.1, -0.05) is 35.5 Å². The first-order chi connectivity index (χ1) is 15.0. The summed E-state index contributed by atoms with van der Waals surface area (Å²) in [6.07, 6.45) is 3.99. The summed E-state index contributed by atoms with van der Waals surface area (Å²) in [5, 5.41) is 11.7. The van der Waals surface area contributed by atoms with Gasteiger partial charge >= 0.3 is 0 Å². The summed E-state index contributed by atoms with van der Waals surface area (Å²) in [5.41, 5.74) is 5.75. The Bertz CT molecular complexity index is 1280. The van der Waals surface area contributed by atoms with E-state index >= 15 is 0 Å². The summed E-state index contributed by atoms with van der Waals surface area (Å²) < 4.78 is 7.14. The van der Waals surface area contributed by atoms with Crippen LogP contribution in [-0.2, 0) is 0 Å². The summed E-state index contributed by atoms with van der Waals surface area (Å²) in [7, 11) is 0. The fourth-order valence-electron chi connectivity index (χ4n) is 3.55. The average molecular weight is 413 g/mol. The molecule has 156 valence electrons. The Balaban J connectivity index is 1.45. The number of hydrogen-bond donors (Lipinski definition) is 1. The van der Waals surface area contributed by atoms with E-state index in [1.54, 1.807) is 10.9 Å². The molecule has 1 aliphatic carbocycles. The molecule has 0 saturated heterocycles. The molecule has 1 amide bonds. The van der Waals surface area contributed by atoms with Crippen LogP contribution in [0.3, 0.4) is 0 Å². The highest BCUT2D eigenvalue weighted by atomic mass is 16.5. The van der Waals surface area contributed by atoms with Crippen molar-refractivity contribution in [2.45, 2.75) is 39.5 Å². The van der Waals surface area contributed by atoms with E-state index in [0.29, 0.717) is 28.9 Å². The molecule has 1 N–H and O–H groups in total. The number of anilines is 1. The zero-order chi connectivity index (χ0) is 21.5. The van der Waals surface area contributed by atoms with Crippen molar-refractivity contribution in [1.82, 2.24) is 19.9 Å². The molecule has 0 atom stereocenters. The first-order valence-corrected chi connectivity index (χ1v) is 10.4. The van der Waals surface area contributed by atoms with Gasteiger partial charge in [0.25, 0.3) is 5.91 Å². The Morgan fingerprint density at radius 2 is 1.90 bits per heavy atom. The van der Waals surface area contributed by atoms with E-state index in [2.05, 4.69) is 20.6 Å². The molecular weight excluding hydrogens is 390 g/mol. The van der Waals surface area contributed by atoms with Crippen LogP contribution < -0.4 is 5.32 Å². The lowest BCUT2D eigenvalue weighted by atomic mass is 10.1. The second-order valence-corrected chi connectivity index (χ2v) is 8.07. The Morgan fingerprint density at radius 3 is 2.68 bits per heavy atom. The third kappa shape index (κ3) is 3.74. The lowest BCUT2D eigenvalue weighted by Crippen LogP contribution is -2.13. The quantitative estimate of drug-likeness (QED) is 0.499. The van der Waals surface area contributed by atoms with Crippen molar-refractivity contribution in [2.24, 2.45) is 0 Å². The van der Waals surface area contributed by atoms with Crippen LogP contribution in [0.1, 0.15) is 51.8 Å². The maximum absolute atomic E-state index is 12.9. The maximum Gasteiger partial charge on any atom is 0.259 e. The first-order valence-electron chi connectivity index (χ1n) is 10.4. The van der Waals surface area contributed by atoms with Crippen molar-refractivity contribution in [3.8, 4) is 17.1 Å².